The molecule has 0 bridgehead atoms. The van der Waals surface area contributed by atoms with Crippen LogP contribution in [0.3, 0.4) is 0 Å². The second kappa shape index (κ2) is 4.33. The van der Waals surface area contributed by atoms with Crippen LogP contribution in [0.25, 0.3) is 10.1 Å². The summed E-state index contributed by atoms with van der Waals surface area (Å²) in [6.45, 7) is 4.41. The number of benzene rings is 1. The highest BCUT2D eigenvalue weighted by Crippen LogP contribution is 2.31. The van der Waals surface area contributed by atoms with Crippen LogP contribution in [-0.2, 0) is 0 Å². The van der Waals surface area contributed by atoms with E-state index >= 15 is 0 Å². The average molecular weight is 219 g/mol. The third-order valence-electron chi connectivity index (χ3n) is 3.13. The fourth-order valence-corrected chi connectivity index (χ4v) is 2.80. The highest BCUT2D eigenvalue weighted by atomic mass is 32.1. The number of fused-ring (bicyclic) bond motifs is 1. The number of rotatable bonds is 3. The molecule has 0 saturated heterocycles. The Morgan fingerprint density at radius 2 is 2.13 bits per heavy atom. The van der Waals surface area contributed by atoms with Gasteiger partial charge in [-0.05, 0) is 28.3 Å². The molecule has 0 radical (unpaired) electrons. The molecule has 0 fully saturated rings. The van der Waals surface area contributed by atoms with E-state index in [2.05, 4.69) is 43.5 Å². The zero-order valence-corrected chi connectivity index (χ0v) is 10.1. The molecule has 1 aromatic heterocycles. The fraction of sp³-hybridized carbons (Fsp3) is 0.385. The first kappa shape index (κ1) is 10.7. The molecule has 0 aliphatic rings. The molecule has 2 atom stereocenters. The van der Waals surface area contributed by atoms with Crippen LogP contribution in [0.5, 0.6) is 0 Å². The standard InChI is InChI=1S/C13H17NS/c1-3-9(2)12(14)11-6-4-5-10-7-8-15-13(10)11/h4-9,12H,3,14H2,1-2H3. The van der Waals surface area contributed by atoms with Gasteiger partial charge in [0.1, 0.15) is 0 Å². The number of nitrogens with two attached hydrogens (primary N) is 1. The average Bonchev–Trinajstić information content (AvgIpc) is 2.74. The molecule has 15 heavy (non-hydrogen) atoms. The van der Waals surface area contributed by atoms with Crippen LogP contribution in [0.2, 0.25) is 0 Å². The van der Waals surface area contributed by atoms with E-state index in [4.69, 9.17) is 5.73 Å². The molecule has 80 valence electrons. The van der Waals surface area contributed by atoms with Crippen LogP contribution in [0.4, 0.5) is 0 Å². The van der Waals surface area contributed by atoms with E-state index in [9.17, 15) is 0 Å². The van der Waals surface area contributed by atoms with Gasteiger partial charge in [-0.2, -0.15) is 0 Å². The zero-order valence-electron chi connectivity index (χ0n) is 9.23. The maximum absolute atomic E-state index is 6.28. The van der Waals surface area contributed by atoms with Gasteiger partial charge in [-0.25, -0.2) is 0 Å². The minimum absolute atomic E-state index is 0.164. The molecule has 0 saturated carbocycles. The maximum atomic E-state index is 6.28. The minimum atomic E-state index is 0.164. The van der Waals surface area contributed by atoms with Crippen molar-refractivity contribution in [2.75, 3.05) is 0 Å². The first-order valence-electron chi connectivity index (χ1n) is 5.45. The van der Waals surface area contributed by atoms with Crippen LogP contribution < -0.4 is 5.73 Å². The quantitative estimate of drug-likeness (QED) is 0.831. The van der Waals surface area contributed by atoms with Crippen LogP contribution in [-0.4, -0.2) is 0 Å². The summed E-state index contributed by atoms with van der Waals surface area (Å²) in [5.41, 5.74) is 7.58. The fourth-order valence-electron chi connectivity index (χ4n) is 1.84. The number of hydrogen-bond acceptors (Lipinski definition) is 2. The van der Waals surface area contributed by atoms with Gasteiger partial charge in [-0.15, -0.1) is 11.3 Å². The highest BCUT2D eigenvalue weighted by Gasteiger charge is 2.15. The smallest absolute Gasteiger partial charge is 0.0390 e. The summed E-state index contributed by atoms with van der Waals surface area (Å²) in [5.74, 6) is 0.540. The van der Waals surface area contributed by atoms with Crippen LogP contribution in [0, 0.1) is 5.92 Å². The van der Waals surface area contributed by atoms with Gasteiger partial charge in [0.05, 0.1) is 0 Å². The van der Waals surface area contributed by atoms with E-state index in [1.54, 1.807) is 11.3 Å². The lowest BCUT2D eigenvalue weighted by molar-refractivity contribution is 0.459. The van der Waals surface area contributed by atoms with Gasteiger partial charge >= 0.3 is 0 Å². The Balaban J connectivity index is 2.46. The topological polar surface area (TPSA) is 26.0 Å². The van der Waals surface area contributed by atoms with Gasteiger partial charge in [0.2, 0.25) is 0 Å². The molecule has 0 aliphatic heterocycles. The molecule has 2 heteroatoms. The van der Waals surface area contributed by atoms with E-state index in [1.165, 1.54) is 15.6 Å². The molecular formula is C13H17NS. The molecule has 1 nitrogen and oxygen atoms in total. The Morgan fingerprint density at radius 3 is 2.87 bits per heavy atom. The van der Waals surface area contributed by atoms with Crippen LogP contribution >= 0.6 is 11.3 Å². The van der Waals surface area contributed by atoms with Gasteiger partial charge in [0.15, 0.2) is 0 Å². The third-order valence-corrected chi connectivity index (χ3v) is 4.10. The van der Waals surface area contributed by atoms with Gasteiger partial charge in [-0.1, -0.05) is 38.5 Å². The van der Waals surface area contributed by atoms with Gasteiger partial charge in [-0.3, -0.25) is 0 Å². The summed E-state index contributed by atoms with van der Waals surface area (Å²) in [6.07, 6.45) is 1.13. The largest absolute Gasteiger partial charge is 0.324 e. The predicted molar refractivity (Wildman–Crippen MR) is 68.2 cm³/mol. The maximum Gasteiger partial charge on any atom is 0.0390 e. The molecule has 2 N–H and O–H groups in total. The lowest BCUT2D eigenvalue weighted by Crippen LogP contribution is -2.18. The second-order valence-electron chi connectivity index (χ2n) is 4.10. The van der Waals surface area contributed by atoms with E-state index in [0.29, 0.717) is 5.92 Å². The normalized spacial score (nSPS) is 15.4. The molecule has 2 unspecified atom stereocenters. The summed E-state index contributed by atoms with van der Waals surface area (Å²) >= 11 is 1.79. The molecule has 2 aromatic rings. The Labute approximate surface area is 94.9 Å². The molecule has 2 rings (SSSR count). The van der Waals surface area contributed by atoms with Crippen molar-refractivity contribution in [2.24, 2.45) is 11.7 Å². The van der Waals surface area contributed by atoms with Gasteiger partial charge in [0, 0.05) is 10.7 Å². The molecule has 1 aromatic carbocycles. The molecule has 1 heterocycles. The Hall–Kier alpha value is -0.860. The molecular weight excluding hydrogens is 202 g/mol. The van der Waals surface area contributed by atoms with E-state index in [1.807, 2.05) is 0 Å². The van der Waals surface area contributed by atoms with Crippen molar-refractivity contribution >= 4 is 21.4 Å². The first-order chi connectivity index (χ1) is 7.24. The molecule has 0 amide bonds. The van der Waals surface area contributed by atoms with Crippen molar-refractivity contribution in [2.45, 2.75) is 26.3 Å². The van der Waals surface area contributed by atoms with Crippen molar-refractivity contribution in [1.82, 2.24) is 0 Å². The van der Waals surface area contributed by atoms with Gasteiger partial charge in [0.25, 0.3) is 0 Å². The Bertz CT molecular complexity index is 446. The van der Waals surface area contributed by atoms with E-state index in [-0.39, 0.29) is 6.04 Å². The summed E-state index contributed by atoms with van der Waals surface area (Å²) in [6, 6.07) is 8.74. The second-order valence-corrected chi connectivity index (χ2v) is 5.01. The summed E-state index contributed by atoms with van der Waals surface area (Å²) in [4.78, 5) is 0. The zero-order chi connectivity index (χ0) is 10.8. The van der Waals surface area contributed by atoms with Crippen LogP contribution in [0.1, 0.15) is 31.9 Å². The first-order valence-corrected chi connectivity index (χ1v) is 6.33. The molecule has 0 aliphatic carbocycles. The molecule has 0 spiro atoms. The van der Waals surface area contributed by atoms with Gasteiger partial charge < -0.3 is 5.73 Å². The summed E-state index contributed by atoms with van der Waals surface area (Å²) in [7, 11) is 0. The van der Waals surface area contributed by atoms with Crippen molar-refractivity contribution in [3.8, 4) is 0 Å². The number of hydrogen-bond donors (Lipinski definition) is 1. The SMILES string of the molecule is CCC(C)C(N)c1cccc2ccsc12. The third kappa shape index (κ3) is 1.92. The Kier molecular flexibility index (Phi) is 3.08. The van der Waals surface area contributed by atoms with Crippen molar-refractivity contribution in [3.05, 3.63) is 35.2 Å². The minimum Gasteiger partial charge on any atom is -0.324 e. The number of thiophene rings is 1. The summed E-state index contributed by atoms with van der Waals surface area (Å²) in [5, 5.41) is 3.45. The highest BCUT2D eigenvalue weighted by molar-refractivity contribution is 7.17. The Morgan fingerprint density at radius 1 is 1.33 bits per heavy atom. The lowest BCUT2D eigenvalue weighted by atomic mass is 9.93. The van der Waals surface area contributed by atoms with E-state index < -0.39 is 0 Å². The van der Waals surface area contributed by atoms with Crippen LogP contribution in [0.15, 0.2) is 29.6 Å². The van der Waals surface area contributed by atoms with Crippen molar-refractivity contribution < 1.29 is 0 Å². The van der Waals surface area contributed by atoms with Crippen molar-refractivity contribution in [3.63, 3.8) is 0 Å². The summed E-state index contributed by atoms with van der Waals surface area (Å²) < 4.78 is 1.35. The predicted octanol–water partition coefficient (Wildman–Crippen LogP) is 3.95. The lowest BCUT2D eigenvalue weighted by Gasteiger charge is -2.19. The van der Waals surface area contributed by atoms with Crippen molar-refractivity contribution in [1.29, 1.82) is 0 Å². The van der Waals surface area contributed by atoms with E-state index in [0.717, 1.165) is 6.42 Å². The monoisotopic (exact) mass is 219 g/mol.